The predicted molar refractivity (Wildman–Crippen MR) is 77.1 cm³/mol. The zero-order valence-electron chi connectivity index (χ0n) is 11.1. The van der Waals surface area contributed by atoms with E-state index < -0.39 is 6.10 Å². The van der Waals surface area contributed by atoms with Gasteiger partial charge in [-0.15, -0.1) is 10.2 Å². The van der Waals surface area contributed by atoms with Crippen molar-refractivity contribution in [1.82, 2.24) is 14.8 Å². The fourth-order valence-corrected chi connectivity index (χ4v) is 2.08. The van der Waals surface area contributed by atoms with Gasteiger partial charge < -0.3 is 5.11 Å². The molecule has 3 rings (SSSR count). The second kappa shape index (κ2) is 5.68. The van der Waals surface area contributed by atoms with Gasteiger partial charge in [0, 0.05) is 11.3 Å². The molecule has 0 aliphatic heterocycles. The minimum atomic E-state index is -1.15. The lowest BCUT2D eigenvalue weighted by molar-refractivity contribution is 0.0747. The molecular formula is C16H13N3O2. The summed E-state index contributed by atoms with van der Waals surface area (Å²) in [4.78, 5) is 12.3. The summed E-state index contributed by atoms with van der Waals surface area (Å²) in [6.07, 6.45) is 2.01. The summed E-state index contributed by atoms with van der Waals surface area (Å²) >= 11 is 0. The van der Waals surface area contributed by atoms with Crippen molar-refractivity contribution in [1.29, 1.82) is 0 Å². The highest BCUT2D eigenvalue weighted by Gasteiger charge is 2.18. The lowest BCUT2D eigenvalue weighted by Gasteiger charge is -2.10. The summed E-state index contributed by atoms with van der Waals surface area (Å²) in [7, 11) is 0. The monoisotopic (exact) mass is 279 g/mol. The highest BCUT2D eigenvalue weighted by molar-refractivity contribution is 6.00. The number of nitrogens with zero attached hydrogens (tertiary/aromatic N) is 3. The Bertz CT molecular complexity index is 722. The van der Waals surface area contributed by atoms with Gasteiger partial charge in [0.15, 0.2) is 5.78 Å². The largest absolute Gasteiger partial charge is 0.380 e. The van der Waals surface area contributed by atoms with Gasteiger partial charge in [0.25, 0.3) is 0 Å². The van der Waals surface area contributed by atoms with Crippen LogP contribution in [0, 0.1) is 0 Å². The molecule has 0 saturated heterocycles. The van der Waals surface area contributed by atoms with Crippen LogP contribution >= 0.6 is 0 Å². The van der Waals surface area contributed by atoms with E-state index in [2.05, 4.69) is 10.2 Å². The van der Waals surface area contributed by atoms with Gasteiger partial charge in [-0.05, 0) is 29.8 Å². The van der Waals surface area contributed by atoms with Crippen molar-refractivity contribution in [3.05, 3.63) is 78.4 Å². The summed E-state index contributed by atoms with van der Waals surface area (Å²) in [5.74, 6) is -0.323. The topological polar surface area (TPSA) is 68.0 Å². The van der Waals surface area contributed by atoms with Crippen molar-refractivity contribution in [2.45, 2.75) is 6.10 Å². The van der Waals surface area contributed by atoms with E-state index in [1.54, 1.807) is 65.8 Å². The maximum absolute atomic E-state index is 12.3. The van der Waals surface area contributed by atoms with Gasteiger partial charge in [-0.2, -0.15) is 0 Å². The number of aliphatic hydroxyl groups excluding tert-OH is 1. The van der Waals surface area contributed by atoms with E-state index >= 15 is 0 Å². The number of Topliss-reactive ketones (excluding diaryl/α,β-unsaturated/α-hetero) is 1. The average molecular weight is 279 g/mol. The molecule has 0 aliphatic carbocycles. The molecule has 1 aromatic heterocycles. The molecule has 0 fully saturated rings. The van der Waals surface area contributed by atoms with Crippen molar-refractivity contribution in [2.75, 3.05) is 0 Å². The predicted octanol–water partition coefficient (Wildman–Crippen LogP) is 2.18. The van der Waals surface area contributed by atoms with E-state index in [1.165, 1.54) is 0 Å². The first-order chi connectivity index (χ1) is 10.3. The maximum atomic E-state index is 12.3. The molecule has 21 heavy (non-hydrogen) atoms. The molecule has 0 aliphatic rings. The van der Waals surface area contributed by atoms with Gasteiger partial charge in [0.05, 0.1) is 0 Å². The molecular weight excluding hydrogens is 266 g/mol. The molecule has 0 bridgehead atoms. The Balaban J connectivity index is 1.82. The standard InChI is InChI=1S/C16H13N3O2/c20-15(12-4-2-1-3-5-12)16(21)13-6-8-14(9-7-13)19-10-17-18-11-19/h1-11,15,20H. The molecule has 0 amide bonds. The molecule has 3 aromatic rings. The summed E-state index contributed by atoms with van der Waals surface area (Å²) in [5, 5.41) is 17.6. The molecule has 0 radical (unpaired) electrons. The molecule has 1 N–H and O–H groups in total. The molecule has 0 spiro atoms. The van der Waals surface area contributed by atoms with Gasteiger partial charge in [-0.1, -0.05) is 30.3 Å². The van der Waals surface area contributed by atoms with Crippen molar-refractivity contribution >= 4 is 5.78 Å². The van der Waals surface area contributed by atoms with Crippen LogP contribution in [-0.4, -0.2) is 25.7 Å². The average Bonchev–Trinajstić information content (AvgIpc) is 3.09. The Morgan fingerprint density at radius 2 is 1.57 bits per heavy atom. The van der Waals surface area contributed by atoms with Crippen LogP contribution in [0.15, 0.2) is 67.3 Å². The number of aromatic nitrogens is 3. The molecule has 0 saturated carbocycles. The Morgan fingerprint density at radius 3 is 2.19 bits per heavy atom. The van der Waals surface area contributed by atoms with Crippen LogP contribution in [0.25, 0.3) is 5.69 Å². The first-order valence-corrected chi connectivity index (χ1v) is 6.48. The van der Waals surface area contributed by atoms with E-state index in [9.17, 15) is 9.90 Å². The van der Waals surface area contributed by atoms with Crippen LogP contribution in [0.4, 0.5) is 0 Å². The number of carbonyl (C=O) groups excluding carboxylic acids is 1. The van der Waals surface area contributed by atoms with Crippen LogP contribution in [-0.2, 0) is 0 Å². The third kappa shape index (κ3) is 2.73. The lowest BCUT2D eigenvalue weighted by Crippen LogP contribution is -2.12. The fraction of sp³-hybridized carbons (Fsp3) is 0.0625. The highest BCUT2D eigenvalue weighted by atomic mass is 16.3. The van der Waals surface area contributed by atoms with Gasteiger partial charge >= 0.3 is 0 Å². The van der Waals surface area contributed by atoms with E-state index in [0.29, 0.717) is 11.1 Å². The summed E-state index contributed by atoms with van der Waals surface area (Å²) in [5.41, 5.74) is 1.90. The molecule has 1 heterocycles. The van der Waals surface area contributed by atoms with Crippen LogP contribution in [0.3, 0.4) is 0 Å². The number of benzene rings is 2. The van der Waals surface area contributed by atoms with E-state index in [-0.39, 0.29) is 5.78 Å². The van der Waals surface area contributed by atoms with Crippen LogP contribution in [0.1, 0.15) is 22.0 Å². The van der Waals surface area contributed by atoms with Crippen molar-refractivity contribution in [3.8, 4) is 5.69 Å². The van der Waals surface area contributed by atoms with Crippen molar-refractivity contribution < 1.29 is 9.90 Å². The number of aliphatic hydroxyl groups is 1. The Labute approximate surface area is 121 Å². The van der Waals surface area contributed by atoms with Gasteiger partial charge in [0.1, 0.15) is 18.8 Å². The summed E-state index contributed by atoms with van der Waals surface area (Å²) < 4.78 is 1.74. The molecule has 2 aromatic carbocycles. The third-order valence-corrected chi connectivity index (χ3v) is 3.23. The van der Waals surface area contributed by atoms with Crippen LogP contribution in [0.2, 0.25) is 0 Å². The first kappa shape index (κ1) is 13.2. The van der Waals surface area contributed by atoms with E-state index in [1.807, 2.05) is 6.07 Å². The normalized spacial score (nSPS) is 12.0. The third-order valence-electron chi connectivity index (χ3n) is 3.23. The molecule has 5 nitrogen and oxygen atoms in total. The van der Waals surface area contributed by atoms with Gasteiger partial charge in [0.2, 0.25) is 0 Å². The second-order valence-electron chi connectivity index (χ2n) is 4.59. The Hall–Kier alpha value is -2.79. The second-order valence-corrected chi connectivity index (χ2v) is 4.59. The molecule has 1 atom stereocenters. The SMILES string of the molecule is O=C(c1ccc(-n2cnnc2)cc1)C(O)c1ccccc1. The zero-order chi connectivity index (χ0) is 14.7. The first-order valence-electron chi connectivity index (χ1n) is 6.48. The Kier molecular flexibility index (Phi) is 3.57. The lowest BCUT2D eigenvalue weighted by atomic mass is 10.00. The molecule has 1 unspecified atom stereocenters. The Morgan fingerprint density at radius 1 is 0.952 bits per heavy atom. The summed E-state index contributed by atoms with van der Waals surface area (Å²) in [6, 6.07) is 15.8. The number of ketones is 1. The van der Waals surface area contributed by atoms with Crippen molar-refractivity contribution in [3.63, 3.8) is 0 Å². The zero-order valence-corrected chi connectivity index (χ0v) is 11.1. The minimum absolute atomic E-state index is 0.323. The number of rotatable bonds is 4. The van der Waals surface area contributed by atoms with E-state index in [4.69, 9.17) is 0 Å². The van der Waals surface area contributed by atoms with Crippen molar-refractivity contribution in [2.24, 2.45) is 0 Å². The van der Waals surface area contributed by atoms with Crippen LogP contribution in [0.5, 0.6) is 0 Å². The van der Waals surface area contributed by atoms with Crippen LogP contribution < -0.4 is 0 Å². The van der Waals surface area contributed by atoms with Gasteiger partial charge in [-0.25, -0.2) is 0 Å². The van der Waals surface area contributed by atoms with Gasteiger partial charge in [-0.3, -0.25) is 9.36 Å². The molecule has 104 valence electrons. The molecule has 5 heteroatoms. The smallest absolute Gasteiger partial charge is 0.195 e. The number of hydrogen-bond donors (Lipinski definition) is 1. The number of carbonyl (C=O) groups is 1. The summed E-state index contributed by atoms with van der Waals surface area (Å²) in [6.45, 7) is 0. The highest BCUT2D eigenvalue weighted by Crippen LogP contribution is 2.19. The maximum Gasteiger partial charge on any atom is 0.195 e. The van der Waals surface area contributed by atoms with E-state index in [0.717, 1.165) is 5.69 Å². The number of hydrogen-bond acceptors (Lipinski definition) is 4. The quantitative estimate of drug-likeness (QED) is 0.743. The fourth-order valence-electron chi connectivity index (χ4n) is 2.08. The minimum Gasteiger partial charge on any atom is -0.380 e.